The molecule has 6 nitrogen and oxygen atoms in total. The molecule has 0 radical (unpaired) electrons. The van der Waals surface area contributed by atoms with Gasteiger partial charge in [-0.3, -0.25) is 9.69 Å². The van der Waals surface area contributed by atoms with Gasteiger partial charge in [0.2, 0.25) is 5.91 Å². The lowest BCUT2D eigenvalue weighted by molar-refractivity contribution is -0.123. The molecule has 0 unspecified atom stereocenters. The van der Waals surface area contributed by atoms with Crippen LogP contribution in [0.25, 0.3) is 5.69 Å². The molecule has 1 aromatic heterocycles. The van der Waals surface area contributed by atoms with Crippen LogP contribution in [0.2, 0.25) is 0 Å². The second kappa shape index (κ2) is 9.55. The molecular weight excluding hydrogens is 364 g/mol. The number of amides is 1. The fourth-order valence-electron chi connectivity index (χ4n) is 4.65. The van der Waals surface area contributed by atoms with E-state index in [4.69, 9.17) is 0 Å². The Balaban J connectivity index is 1.27. The van der Waals surface area contributed by atoms with E-state index in [2.05, 4.69) is 39.5 Å². The van der Waals surface area contributed by atoms with Crippen molar-refractivity contribution in [1.29, 1.82) is 0 Å². The summed E-state index contributed by atoms with van der Waals surface area (Å²) in [5.74, 6) is 0.811. The van der Waals surface area contributed by atoms with E-state index in [1.165, 1.54) is 31.2 Å². The van der Waals surface area contributed by atoms with Gasteiger partial charge in [-0.1, -0.05) is 37.8 Å². The molecule has 29 heavy (non-hydrogen) atoms. The van der Waals surface area contributed by atoms with Gasteiger partial charge in [-0.25, -0.2) is 4.98 Å². The highest BCUT2D eigenvalue weighted by Gasteiger charge is 2.29. The molecule has 0 bridgehead atoms. The molecule has 1 aliphatic carbocycles. The molecule has 2 aromatic rings. The van der Waals surface area contributed by atoms with Crippen molar-refractivity contribution in [2.45, 2.75) is 63.6 Å². The van der Waals surface area contributed by atoms with E-state index < -0.39 is 6.10 Å². The number of likely N-dealkylation sites (tertiary alicyclic amines) is 1. The number of nitrogens with zero attached hydrogens (tertiary/aromatic N) is 3. The topological polar surface area (TPSA) is 70.4 Å². The third-order valence-corrected chi connectivity index (χ3v) is 6.41. The number of piperidine rings is 1. The van der Waals surface area contributed by atoms with Gasteiger partial charge in [0.15, 0.2) is 0 Å². The molecule has 4 rings (SSSR count). The summed E-state index contributed by atoms with van der Waals surface area (Å²) in [6.07, 6.45) is 12.5. The Bertz CT molecular complexity index is 769. The monoisotopic (exact) mass is 396 g/mol. The van der Waals surface area contributed by atoms with Crippen molar-refractivity contribution in [2.75, 3.05) is 13.1 Å². The lowest BCUT2D eigenvalue weighted by Gasteiger charge is -2.36. The number of carbonyl (C=O) groups is 1. The van der Waals surface area contributed by atoms with Gasteiger partial charge in [0.25, 0.3) is 0 Å². The minimum absolute atomic E-state index is 0.0903. The molecule has 1 aliphatic heterocycles. The summed E-state index contributed by atoms with van der Waals surface area (Å²) in [7, 11) is 0. The Morgan fingerprint density at radius 2 is 1.97 bits per heavy atom. The maximum atomic E-state index is 12.4. The van der Waals surface area contributed by atoms with Crippen molar-refractivity contribution in [3.05, 3.63) is 48.5 Å². The van der Waals surface area contributed by atoms with Gasteiger partial charge >= 0.3 is 0 Å². The van der Waals surface area contributed by atoms with Crippen molar-refractivity contribution < 1.29 is 9.90 Å². The maximum Gasteiger partial charge on any atom is 0.220 e. The first-order chi connectivity index (χ1) is 14.2. The zero-order valence-electron chi connectivity index (χ0n) is 17.0. The Labute approximate surface area is 172 Å². The van der Waals surface area contributed by atoms with Crippen LogP contribution in [0.15, 0.2) is 43.0 Å². The largest absolute Gasteiger partial charge is 0.391 e. The summed E-state index contributed by atoms with van der Waals surface area (Å²) >= 11 is 0. The molecule has 6 heteroatoms. The number of hydrogen-bond donors (Lipinski definition) is 2. The summed E-state index contributed by atoms with van der Waals surface area (Å²) < 4.78 is 1.98. The van der Waals surface area contributed by atoms with E-state index in [1.807, 2.05) is 10.8 Å². The zero-order valence-corrected chi connectivity index (χ0v) is 17.0. The van der Waals surface area contributed by atoms with E-state index in [1.54, 1.807) is 12.5 Å². The van der Waals surface area contributed by atoms with E-state index in [0.717, 1.165) is 31.1 Å². The van der Waals surface area contributed by atoms with E-state index in [0.29, 0.717) is 19.4 Å². The Hall–Kier alpha value is -2.18. The minimum atomic E-state index is -0.453. The smallest absolute Gasteiger partial charge is 0.220 e. The van der Waals surface area contributed by atoms with Crippen LogP contribution in [0.3, 0.4) is 0 Å². The molecule has 2 atom stereocenters. The molecule has 1 amide bonds. The van der Waals surface area contributed by atoms with Crippen LogP contribution in [0, 0.1) is 5.92 Å². The molecule has 1 aromatic carbocycles. The highest BCUT2D eigenvalue weighted by atomic mass is 16.3. The van der Waals surface area contributed by atoms with Crippen LogP contribution in [0.1, 0.15) is 50.5 Å². The van der Waals surface area contributed by atoms with Gasteiger partial charge in [0, 0.05) is 44.1 Å². The van der Waals surface area contributed by atoms with Crippen molar-refractivity contribution in [2.24, 2.45) is 5.92 Å². The van der Waals surface area contributed by atoms with Crippen LogP contribution in [-0.4, -0.2) is 50.7 Å². The highest BCUT2D eigenvalue weighted by Crippen LogP contribution is 2.28. The maximum absolute atomic E-state index is 12.4. The second-order valence-corrected chi connectivity index (χ2v) is 8.59. The first-order valence-electron chi connectivity index (χ1n) is 10.9. The first-order valence-corrected chi connectivity index (χ1v) is 10.9. The van der Waals surface area contributed by atoms with Gasteiger partial charge in [-0.2, -0.15) is 0 Å². The number of aliphatic hydroxyl groups is 1. The van der Waals surface area contributed by atoms with Crippen molar-refractivity contribution in [3.8, 4) is 5.69 Å². The van der Waals surface area contributed by atoms with Gasteiger partial charge in [0.05, 0.1) is 18.5 Å². The quantitative estimate of drug-likeness (QED) is 0.755. The Morgan fingerprint density at radius 3 is 2.69 bits per heavy atom. The second-order valence-electron chi connectivity index (χ2n) is 8.59. The molecule has 1 saturated carbocycles. The zero-order chi connectivity index (χ0) is 20.1. The highest BCUT2D eigenvalue weighted by molar-refractivity contribution is 5.76. The van der Waals surface area contributed by atoms with Crippen LogP contribution in [0.4, 0.5) is 0 Å². The summed E-state index contributed by atoms with van der Waals surface area (Å²) in [4.78, 5) is 18.8. The molecule has 0 spiro atoms. The van der Waals surface area contributed by atoms with E-state index in [-0.39, 0.29) is 11.9 Å². The fourth-order valence-corrected chi connectivity index (χ4v) is 4.65. The Morgan fingerprint density at radius 1 is 1.17 bits per heavy atom. The van der Waals surface area contributed by atoms with Gasteiger partial charge in [-0.15, -0.1) is 0 Å². The molecule has 1 saturated heterocycles. The molecule has 2 N–H and O–H groups in total. The average molecular weight is 397 g/mol. The van der Waals surface area contributed by atoms with Crippen molar-refractivity contribution in [3.63, 3.8) is 0 Å². The molecular formula is C23H32N4O2. The lowest BCUT2D eigenvalue weighted by atomic mass is 9.99. The predicted octanol–water partition coefficient (Wildman–Crippen LogP) is 2.89. The fraction of sp³-hybridized carbons (Fsp3) is 0.565. The molecule has 2 heterocycles. The van der Waals surface area contributed by atoms with Crippen molar-refractivity contribution >= 4 is 5.91 Å². The summed E-state index contributed by atoms with van der Waals surface area (Å²) in [5, 5.41) is 13.5. The number of benzene rings is 1. The number of nitrogens with one attached hydrogen (secondary N) is 1. The predicted molar refractivity (Wildman–Crippen MR) is 113 cm³/mol. The van der Waals surface area contributed by atoms with E-state index in [9.17, 15) is 9.90 Å². The Kier molecular flexibility index (Phi) is 6.62. The van der Waals surface area contributed by atoms with Gasteiger partial charge < -0.3 is 15.0 Å². The van der Waals surface area contributed by atoms with Gasteiger partial charge in [0.1, 0.15) is 0 Å². The molecule has 2 fully saturated rings. The third kappa shape index (κ3) is 5.46. The number of imidazole rings is 1. The number of hydrogen-bond acceptors (Lipinski definition) is 4. The van der Waals surface area contributed by atoms with Crippen molar-refractivity contribution in [1.82, 2.24) is 19.8 Å². The number of rotatable bonds is 7. The molecule has 156 valence electrons. The van der Waals surface area contributed by atoms with Crippen LogP contribution in [0.5, 0.6) is 0 Å². The summed E-state index contributed by atoms with van der Waals surface area (Å²) in [5.41, 5.74) is 2.32. The standard InChI is InChI=1S/C23H32N4O2/c28-22-11-13-26(15-19-5-8-20(9-6-19)27-14-12-24-17-27)16-21(22)25-23(29)10-7-18-3-1-2-4-18/h5-6,8-9,12,14,17-18,21-22,28H,1-4,7,10-11,13,15-16H2,(H,25,29)/t21-,22+/m1/s1. The number of aromatic nitrogens is 2. The van der Waals surface area contributed by atoms with Gasteiger partial charge in [-0.05, 0) is 36.5 Å². The lowest BCUT2D eigenvalue weighted by Crippen LogP contribution is -2.54. The minimum Gasteiger partial charge on any atom is -0.391 e. The van der Waals surface area contributed by atoms with E-state index >= 15 is 0 Å². The number of aliphatic hydroxyl groups excluding tert-OH is 1. The number of carbonyl (C=O) groups excluding carboxylic acids is 1. The van der Waals surface area contributed by atoms with Crippen LogP contribution in [-0.2, 0) is 11.3 Å². The SMILES string of the molecule is O=C(CCC1CCCC1)N[C@@H]1CN(Cc2ccc(-n3ccnc3)cc2)CC[C@@H]1O. The normalized spacial score (nSPS) is 23.3. The summed E-state index contributed by atoms with van der Waals surface area (Å²) in [6, 6.07) is 8.28. The molecule has 2 aliphatic rings. The van der Waals surface area contributed by atoms with Crippen LogP contribution >= 0.6 is 0 Å². The average Bonchev–Trinajstić information content (AvgIpc) is 3.44. The summed E-state index contributed by atoms with van der Waals surface area (Å²) in [6.45, 7) is 2.36. The van der Waals surface area contributed by atoms with Crippen LogP contribution < -0.4 is 5.32 Å². The third-order valence-electron chi connectivity index (χ3n) is 6.41. The first kappa shape index (κ1) is 20.1.